The molecule has 0 aliphatic carbocycles. The van der Waals surface area contributed by atoms with E-state index in [-0.39, 0.29) is 12.2 Å². The van der Waals surface area contributed by atoms with E-state index in [1.54, 1.807) is 6.26 Å². The lowest BCUT2D eigenvalue weighted by atomic mass is 9.99. The van der Waals surface area contributed by atoms with Crippen LogP contribution in [-0.4, -0.2) is 26.7 Å². The van der Waals surface area contributed by atoms with Crippen molar-refractivity contribution in [3.8, 4) is 0 Å². The van der Waals surface area contributed by atoms with Crippen molar-refractivity contribution in [2.45, 2.75) is 19.8 Å². The molecule has 0 aliphatic heterocycles. The zero-order valence-electron chi connectivity index (χ0n) is 12.6. The number of H-pyrrole nitrogens is 1. The number of ketones is 2. The van der Waals surface area contributed by atoms with Gasteiger partial charge in [0.25, 0.3) is 5.78 Å². The first-order chi connectivity index (χ1) is 11.1. The van der Waals surface area contributed by atoms with E-state index >= 15 is 0 Å². The maximum absolute atomic E-state index is 12.1. The number of hydrogen-bond acceptors (Lipinski definition) is 5. The van der Waals surface area contributed by atoms with Crippen molar-refractivity contribution in [1.82, 2.24) is 15.2 Å². The van der Waals surface area contributed by atoms with E-state index in [4.69, 9.17) is 4.42 Å². The first-order valence-electron chi connectivity index (χ1n) is 7.16. The number of aromatic nitrogens is 3. The first kappa shape index (κ1) is 14.9. The topological polar surface area (TPSA) is 88.9 Å². The molecule has 0 fully saturated rings. The van der Waals surface area contributed by atoms with Gasteiger partial charge >= 0.3 is 0 Å². The third kappa shape index (κ3) is 3.42. The van der Waals surface area contributed by atoms with E-state index in [2.05, 4.69) is 15.2 Å². The monoisotopic (exact) mass is 309 g/mol. The van der Waals surface area contributed by atoms with Gasteiger partial charge in [-0.3, -0.25) is 14.7 Å². The van der Waals surface area contributed by atoms with E-state index in [0.717, 1.165) is 11.1 Å². The molecular weight excluding hydrogens is 294 g/mol. The second kappa shape index (κ2) is 6.39. The van der Waals surface area contributed by atoms with Gasteiger partial charge in [0, 0.05) is 18.4 Å². The second-order valence-corrected chi connectivity index (χ2v) is 5.34. The molecule has 116 valence electrons. The van der Waals surface area contributed by atoms with Gasteiger partial charge in [-0.25, -0.2) is 4.98 Å². The summed E-state index contributed by atoms with van der Waals surface area (Å²) >= 11 is 0. The fourth-order valence-electron chi connectivity index (χ4n) is 2.28. The summed E-state index contributed by atoms with van der Waals surface area (Å²) in [7, 11) is 0. The molecule has 1 N–H and O–H groups in total. The number of carbonyl (C=O) groups is 2. The van der Waals surface area contributed by atoms with Gasteiger partial charge < -0.3 is 4.42 Å². The average Bonchev–Trinajstić information content (AvgIpc) is 3.21. The van der Waals surface area contributed by atoms with Crippen molar-refractivity contribution in [1.29, 1.82) is 0 Å². The summed E-state index contributed by atoms with van der Waals surface area (Å²) in [4.78, 5) is 27.7. The van der Waals surface area contributed by atoms with Crippen LogP contribution in [0.1, 0.15) is 32.9 Å². The predicted molar refractivity (Wildman–Crippen MR) is 82.1 cm³/mol. The van der Waals surface area contributed by atoms with Crippen molar-refractivity contribution in [3.63, 3.8) is 0 Å². The van der Waals surface area contributed by atoms with Crippen LogP contribution < -0.4 is 0 Å². The Balaban J connectivity index is 1.72. The van der Waals surface area contributed by atoms with Crippen LogP contribution in [0.4, 0.5) is 0 Å². The fraction of sp³-hybridized carbons (Fsp3) is 0.176. The molecule has 0 bridgehead atoms. The molecule has 3 aromatic rings. The number of nitrogens with one attached hydrogen (secondary N) is 1. The number of Topliss-reactive ketones (excluding diaryl/α,β-unsaturated/α-hetero) is 2. The van der Waals surface area contributed by atoms with Gasteiger partial charge in [0.1, 0.15) is 6.33 Å². The number of hydrogen-bond donors (Lipinski definition) is 1. The van der Waals surface area contributed by atoms with Crippen LogP contribution >= 0.6 is 0 Å². The average molecular weight is 309 g/mol. The number of benzene rings is 1. The second-order valence-electron chi connectivity index (χ2n) is 5.34. The molecule has 0 radical (unpaired) electrons. The van der Waals surface area contributed by atoms with Crippen molar-refractivity contribution >= 4 is 11.6 Å². The molecule has 0 saturated carbocycles. The highest BCUT2D eigenvalue weighted by Gasteiger charge is 2.21. The van der Waals surface area contributed by atoms with Gasteiger partial charge in [-0.05, 0) is 18.1 Å². The predicted octanol–water partition coefficient (Wildman–Crippen LogP) is 2.29. The minimum Gasteiger partial charge on any atom is -0.472 e. The Morgan fingerprint density at radius 3 is 2.57 bits per heavy atom. The Labute approximate surface area is 132 Å². The van der Waals surface area contributed by atoms with E-state index in [1.165, 1.54) is 18.2 Å². The minimum absolute atomic E-state index is 0.0227. The highest BCUT2D eigenvalue weighted by atomic mass is 16.3. The van der Waals surface area contributed by atoms with Crippen LogP contribution in [0, 0.1) is 6.92 Å². The molecule has 0 saturated heterocycles. The SMILES string of the molecule is Cc1ccc(Cc2cocc2CC(=O)C(=O)c2nc[nH]n2)cc1. The molecule has 0 atom stereocenters. The van der Waals surface area contributed by atoms with Crippen LogP contribution in [0.5, 0.6) is 0 Å². The summed E-state index contributed by atoms with van der Waals surface area (Å²) < 4.78 is 5.21. The smallest absolute Gasteiger partial charge is 0.267 e. The van der Waals surface area contributed by atoms with Crippen LogP contribution in [0.2, 0.25) is 0 Å². The summed E-state index contributed by atoms with van der Waals surface area (Å²) in [5, 5.41) is 6.06. The minimum atomic E-state index is -0.700. The van der Waals surface area contributed by atoms with Gasteiger partial charge in [-0.1, -0.05) is 29.8 Å². The number of rotatable bonds is 6. The van der Waals surface area contributed by atoms with Gasteiger partial charge in [-0.15, -0.1) is 5.10 Å². The number of aryl methyl sites for hydroxylation is 1. The zero-order chi connectivity index (χ0) is 16.2. The summed E-state index contributed by atoms with van der Waals surface area (Å²) in [5.41, 5.74) is 3.91. The molecule has 6 nitrogen and oxygen atoms in total. The number of carbonyl (C=O) groups excluding carboxylic acids is 2. The Hall–Kier alpha value is -3.02. The zero-order valence-corrected chi connectivity index (χ0v) is 12.6. The molecule has 1 aromatic carbocycles. The lowest BCUT2D eigenvalue weighted by Crippen LogP contribution is -2.18. The van der Waals surface area contributed by atoms with Crippen LogP contribution in [0.25, 0.3) is 0 Å². The number of nitrogens with zero attached hydrogens (tertiary/aromatic N) is 2. The fourth-order valence-corrected chi connectivity index (χ4v) is 2.28. The first-order valence-corrected chi connectivity index (χ1v) is 7.16. The summed E-state index contributed by atoms with van der Waals surface area (Å²) in [5.74, 6) is -1.37. The third-order valence-corrected chi connectivity index (χ3v) is 3.57. The standard InChI is InChI=1S/C17H15N3O3/c1-11-2-4-12(5-3-11)6-13-8-23-9-14(13)7-15(21)16(22)17-18-10-19-20-17/h2-5,8-10H,6-7H2,1H3,(H,18,19,20). The molecule has 3 rings (SSSR count). The Bertz CT molecular complexity index is 817. The van der Waals surface area contributed by atoms with E-state index in [9.17, 15) is 9.59 Å². The van der Waals surface area contributed by atoms with E-state index in [0.29, 0.717) is 12.0 Å². The summed E-state index contributed by atoms with van der Waals surface area (Å²) in [6, 6.07) is 8.14. The molecule has 0 unspecified atom stereocenters. The van der Waals surface area contributed by atoms with Crippen molar-refractivity contribution in [3.05, 3.63) is 71.2 Å². The van der Waals surface area contributed by atoms with Crippen LogP contribution in [0.15, 0.2) is 47.5 Å². The Morgan fingerprint density at radius 1 is 1.13 bits per heavy atom. The Morgan fingerprint density at radius 2 is 1.87 bits per heavy atom. The lowest BCUT2D eigenvalue weighted by Gasteiger charge is -2.03. The maximum atomic E-state index is 12.1. The van der Waals surface area contributed by atoms with Gasteiger partial charge in [0.2, 0.25) is 11.6 Å². The molecule has 0 amide bonds. The van der Waals surface area contributed by atoms with Crippen molar-refractivity contribution in [2.24, 2.45) is 0 Å². The third-order valence-electron chi connectivity index (χ3n) is 3.57. The summed E-state index contributed by atoms with van der Waals surface area (Å²) in [6.45, 7) is 2.03. The van der Waals surface area contributed by atoms with Crippen LogP contribution in [0.3, 0.4) is 0 Å². The van der Waals surface area contributed by atoms with Gasteiger partial charge in [0.05, 0.1) is 12.5 Å². The number of aromatic amines is 1. The molecule has 2 heterocycles. The molecule has 0 aliphatic rings. The quantitative estimate of drug-likeness (QED) is 0.557. The van der Waals surface area contributed by atoms with E-state index in [1.807, 2.05) is 31.2 Å². The van der Waals surface area contributed by atoms with E-state index < -0.39 is 11.6 Å². The van der Waals surface area contributed by atoms with Gasteiger partial charge in [-0.2, -0.15) is 0 Å². The van der Waals surface area contributed by atoms with Crippen LogP contribution in [-0.2, 0) is 17.6 Å². The lowest BCUT2D eigenvalue weighted by molar-refractivity contribution is -0.114. The molecule has 6 heteroatoms. The number of furan rings is 1. The highest BCUT2D eigenvalue weighted by molar-refractivity contribution is 6.43. The van der Waals surface area contributed by atoms with Crippen molar-refractivity contribution in [2.75, 3.05) is 0 Å². The summed E-state index contributed by atoms with van der Waals surface area (Å²) in [6.07, 6.45) is 5.01. The molecule has 2 aromatic heterocycles. The molecule has 23 heavy (non-hydrogen) atoms. The molecule has 0 spiro atoms. The van der Waals surface area contributed by atoms with Crippen molar-refractivity contribution < 1.29 is 14.0 Å². The Kier molecular flexibility index (Phi) is 4.14. The normalized spacial score (nSPS) is 10.7. The highest BCUT2D eigenvalue weighted by Crippen LogP contribution is 2.17. The largest absolute Gasteiger partial charge is 0.472 e. The molecular formula is C17H15N3O3. The van der Waals surface area contributed by atoms with Gasteiger partial charge in [0.15, 0.2) is 0 Å². The maximum Gasteiger partial charge on any atom is 0.267 e.